The number of carboxylic acids is 1. The van der Waals surface area contributed by atoms with Crippen molar-refractivity contribution in [2.45, 2.75) is 18.0 Å². The van der Waals surface area contributed by atoms with Crippen LogP contribution in [-0.4, -0.2) is 25.4 Å². The Morgan fingerprint density at radius 2 is 1.55 bits per heavy atom. The maximum atomic E-state index is 13.0. The van der Waals surface area contributed by atoms with Crippen molar-refractivity contribution in [1.82, 2.24) is 0 Å². The predicted molar refractivity (Wildman–Crippen MR) is 80.5 cm³/mol. The molecule has 0 radical (unpaired) electrons. The molecule has 2 aromatic rings. The highest BCUT2D eigenvalue weighted by Gasteiger charge is 2.65. The van der Waals surface area contributed by atoms with E-state index in [1.165, 1.54) is 6.07 Å². The van der Waals surface area contributed by atoms with E-state index in [0.717, 1.165) is 12.9 Å². The molecular formula is C17H11F6IN2O3. The number of halogens is 7. The number of ether oxygens (including phenoxy) is 1. The van der Waals surface area contributed by atoms with E-state index in [4.69, 9.17) is 14.6 Å². The molecule has 0 unspecified atom stereocenters. The van der Waals surface area contributed by atoms with Crippen LogP contribution in [0.5, 0.6) is 5.75 Å². The van der Waals surface area contributed by atoms with Gasteiger partial charge in [-0.3, -0.25) is 0 Å². The van der Waals surface area contributed by atoms with Crippen LogP contribution in [0.25, 0.3) is 0 Å². The Bertz CT molecular complexity index is 891. The molecule has 2 aromatic carbocycles. The van der Waals surface area contributed by atoms with Crippen LogP contribution in [0.15, 0.2) is 58.8 Å². The first-order valence-corrected chi connectivity index (χ1v) is 9.73. The van der Waals surface area contributed by atoms with E-state index in [9.17, 15) is 26.3 Å². The van der Waals surface area contributed by atoms with Gasteiger partial charge in [0, 0.05) is 5.56 Å². The minimum Gasteiger partial charge on any atom is -0.542 e. The first-order chi connectivity index (χ1) is 13.4. The number of rotatable bonds is 4. The van der Waals surface area contributed by atoms with Gasteiger partial charge in [0.2, 0.25) is 0 Å². The van der Waals surface area contributed by atoms with Crippen molar-refractivity contribution in [3.8, 4) is 5.75 Å². The van der Waals surface area contributed by atoms with Gasteiger partial charge in [-0.05, 0) is 36.4 Å². The number of methoxy groups -OCH3 is 1. The zero-order chi connectivity index (χ0) is 21.9. The molecule has 0 atom stereocenters. The van der Waals surface area contributed by atoms with Crippen molar-refractivity contribution in [1.29, 1.82) is 0 Å². The van der Waals surface area contributed by atoms with Crippen LogP contribution in [0.2, 0.25) is 0 Å². The lowest BCUT2D eigenvalue weighted by molar-refractivity contribution is -0.597. The Morgan fingerprint density at radius 3 is 1.97 bits per heavy atom. The Labute approximate surface area is 170 Å². The molecule has 1 heterocycles. The topological polar surface area (TPSA) is 74.1 Å². The monoisotopic (exact) mass is 532 g/mol. The number of carbonyl (C=O) groups is 1. The zero-order valence-corrected chi connectivity index (χ0v) is 16.5. The number of aliphatic carboxylic acids is 1. The maximum Gasteiger partial charge on any atom is 0.442 e. The summed E-state index contributed by atoms with van der Waals surface area (Å²) in [6, 6.07) is 14.0. The molecular weight excluding hydrogens is 521 g/mol. The lowest BCUT2D eigenvalue weighted by Gasteiger charge is -2.14. The van der Waals surface area contributed by atoms with Crippen LogP contribution in [0.4, 0.5) is 26.3 Å². The number of nitrogens with zero attached hydrogens (tertiary/aromatic N) is 2. The smallest absolute Gasteiger partial charge is 0.442 e. The normalized spacial score (nSPS) is 14.6. The average molecular weight is 532 g/mol. The minimum atomic E-state index is -5.19. The molecule has 0 aliphatic carbocycles. The average Bonchev–Trinajstić information content (AvgIpc) is 3.44. The lowest BCUT2D eigenvalue weighted by Crippen LogP contribution is -3.61. The van der Waals surface area contributed by atoms with Gasteiger partial charge in [-0.1, -0.05) is 12.1 Å². The van der Waals surface area contributed by atoms with Crippen LogP contribution in [0, 0.1) is 7.14 Å². The second kappa shape index (κ2) is 8.55. The molecule has 0 saturated heterocycles. The summed E-state index contributed by atoms with van der Waals surface area (Å²) < 4.78 is 77.7. The lowest BCUT2D eigenvalue weighted by atomic mass is 10.0. The number of alkyl halides is 6. The number of hydrogen-bond donors (Lipinski definition) is 0. The van der Waals surface area contributed by atoms with Gasteiger partial charge in [0.05, 0.1) is 7.11 Å². The molecule has 0 bridgehead atoms. The van der Waals surface area contributed by atoms with Crippen LogP contribution in [-0.2, 0) is 10.5 Å². The summed E-state index contributed by atoms with van der Waals surface area (Å²) in [5, 5.41) is 15.3. The SMILES string of the molecule is COc1ccc([I+]c2cccc(C3(C(F)(F)F)N=N3)c2)cc1.O=C([O-])C(F)(F)F. The quantitative estimate of drug-likeness (QED) is 0.421. The molecule has 5 nitrogen and oxygen atoms in total. The third kappa shape index (κ3) is 5.81. The number of carbonyl (C=O) groups excluding carboxylic acids is 1. The fraction of sp³-hybridized carbons (Fsp3) is 0.235. The molecule has 0 amide bonds. The fourth-order valence-electron chi connectivity index (χ4n) is 1.97. The Morgan fingerprint density at radius 1 is 1.00 bits per heavy atom. The Balaban J connectivity index is 0.000000370. The van der Waals surface area contributed by atoms with Crippen molar-refractivity contribution in [3.63, 3.8) is 0 Å². The summed E-state index contributed by atoms with van der Waals surface area (Å²) in [4.78, 5) is 8.78. The third-order valence-electron chi connectivity index (χ3n) is 3.42. The molecule has 3 rings (SSSR count). The van der Waals surface area contributed by atoms with E-state index in [-0.39, 0.29) is 5.56 Å². The second-order valence-electron chi connectivity index (χ2n) is 5.42. The summed E-state index contributed by atoms with van der Waals surface area (Å²) >= 11 is -0.570. The van der Waals surface area contributed by atoms with Crippen molar-refractivity contribution >= 4 is 5.97 Å². The highest BCUT2D eigenvalue weighted by atomic mass is 127. The Hall–Kier alpha value is -2.38. The summed E-state index contributed by atoms with van der Waals surface area (Å²) in [6.07, 6.45) is -9.68. The predicted octanol–water partition coefficient (Wildman–Crippen LogP) is 0.303. The fourth-order valence-corrected chi connectivity index (χ4v) is 4.28. The van der Waals surface area contributed by atoms with Gasteiger partial charge >= 0.3 is 39.2 Å². The van der Waals surface area contributed by atoms with E-state index in [2.05, 4.69) is 10.2 Å². The van der Waals surface area contributed by atoms with E-state index in [1.54, 1.807) is 19.2 Å². The van der Waals surface area contributed by atoms with Crippen LogP contribution in [0.3, 0.4) is 0 Å². The van der Waals surface area contributed by atoms with E-state index >= 15 is 0 Å². The largest absolute Gasteiger partial charge is 0.542 e. The van der Waals surface area contributed by atoms with Gasteiger partial charge in [0.25, 0.3) is 0 Å². The third-order valence-corrected chi connectivity index (χ3v) is 6.06. The molecule has 1 aliphatic heterocycles. The molecule has 29 heavy (non-hydrogen) atoms. The molecule has 0 spiro atoms. The summed E-state index contributed by atoms with van der Waals surface area (Å²) in [7, 11) is 1.59. The first kappa shape index (κ1) is 22.9. The standard InChI is InChI=1S/C15H11F3IN2O.C2HF3O2/c1-22-13-7-5-11(6-8-13)19-12-4-2-3-10(9-12)14(20-21-14)15(16,17)18;3-2(4,5)1(6)7/h2-9H,1H3;(H,6,7)/q+1;/p-1. The van der Waals surface area contributed by atoms with E-state index in [1.807, 2.05) is 30.3 Å². The van der Waals surface area contributed by atoms with Gasteiger partial charge in [0.1, 0.15) is 11.7 Å². The van der Waals surface area contributed by atoms with E-state index < -0.39 is 45.2 Å². The maximum absolute atomic E-state index is 13.0. The van der Waals surface area contributed by atoms with Crippen LogP contribution in [0.1, 0.15) is 5.56 Å². The van der Waals surface area contributed by atoms with Crippen molar-refractivity contribution < 1.29 is 62.2 Å². The molecule has 0 fully saturated rings. The molecule has 12 heteroatoms. The minimum absolute atomic E-state index is 0.0886. The Kier molecular flexibility index (Phi) is 6.75. The van der Waals surface area contributed by atoms with Gasteiger partial charge in [-0.25, -0.2) is 0 Å². The summed E-state index contributed by atoms with van der Waals surface area (Å²) in [6.45, 7) is 0. The molecule has 156 valence electrons. The second-order valence-corrected chi connectivity index (χ2v) is 8.45. The number of benzene rings is 2. The number of carboxylic acid groups (broad SMARTS) is 1. The van der Waals surface area contributed by atoms with Gasteiger partial charge in [0.15, 0.2) is 7.14 Å². The molecule has 0 aromatic heterocycles. The van der Waals surface area contributed by atoms with Gasteiger partial charge in [-0.2, -0.15) is 26.3 Å². The highest BCUT2D eigenvalue weighted by molar-refractivity contribution is 5.70. The van der Waals surface area contributed by atoms with Crippen LogP contribution < -0.4 is 31.0 Å². The highest BCUT2D eigenvalue weighted by Crippen LogP contribution is 2.52. The van der Waals surface area contributed by atoms with E-state index in [0.29, 0.717) is 0 Å². The molecule has 0 saturated carbocycles. The molecule has 0 N–H and O–H groups in total. The van der Waals surface area contributed by atoms with Crippen molar-refractivity contribution in [2.75, 3.05) is 7.11 Å². The number of hydrogen-bond acceptors (Lipinski definition) is 5. The first-order valence-electron chi connectivity index (χ1n) is 7.57. The summed E-state index contributed by atoms with van der Waals surface area (Å²) in [5.41, 5.74) is -2.25. The van der Waals surface area contributed by atoms with Crippen molar-refractivity contribution in [2.24, 2.45) is 10.2 Å². The van der Waals surface area contributed by atoms with Crippen LogP contribution >= 0.6 is 0 Å². The zero-order valence-electron chi connectivity index (χ0n) is 14.4. The van der Waals surface area contributed by atoms with Gasteiger partial charge in [-0.15, -0.1) is 10.2 Å². The molecule has 1 aliphatic rings. The van der Waals surface area contributed by atoms with Crippen molar-refractivity contribution in [3.05, 3.63) is 61.2 Å². The summed E-state index contributed by atoms with van der Waals surface area (Å²) in [5.74, 6) is -2.25. The van der Waals surface area contributed by atoms with Gasteiger partial charge < -0.3 is 14.6 Å².